The highest BCUT2D eigenvalue weighted by atomic mass is 16.5. The van der Waals surface area contributed by atoms with Gasteiger partial charge in [0.2, 0.25) is 0 Å². The van der Waals surface area contributed by atoms with Crippen molar-refractivity contribution in [3.63, 3.8) is 0 Å². The van der Waals surface area contributed by atoms with E-state index in [9.17, 15) is 0 Å². The van der Waals surface area contributed by atoms with E-state index < -0.39 is 0 Å². The normalized spacial score (nSPS) is 14.6. The zero-order chi connectivity index (χ0) is 14.4. The summed E-state index contributed by atoms with van der Waals surface area (Å²) in [6.45, 7) is 9.29. The van der Waals surface area contributed by atoms with Crippen molar-refractivity contribution in [2.75, 3.05) is 13.2 Å². The fraction of sp³-hybridized carbons (Fsp3) is 0.444. The number of rotatable bonds is 6. The van der Waals surface area contributed by atoms with Crippen LogP contribution < -0.4 is 0 Å². The molecule has 2 nitrogen and oxygen atoms in total. The minimum atomic E-state index is 0.695. The van der Waals surface area contributed by atoms with E-state index >= 15 is 0 Å². The molecule has 0 aliphatic carbocycles. The molecular weight excluding hydrogens is 246 g/mol. The second-order valence-electron chi connectivity index (χ2n) is 5.81. The highest BCUT2D eigenvalue weighted by Crippen LogP contribution is 2.15. The van der Waals surface area contributed by atoms with E-state index in [1.54, 1.807) is 0 Å². The third-order valence-corrected chi connectivity index (χ3v) is 3.58. The third-order valence-electron chi connectivity index (χ3n) is 3.58. The Balaban J connectivity index is 1.81. The van der Waals surface area contributed by atoms with E-state index in [0.29, 0.717) is 5.92 Å². The molecule has 1 aromatic carbocycles. The zero-order valence-electron chi connectivity index (χ0n) is 12.8. The Morgan fingerprint density at radius 1 is 1.25 bits per heavy atom. The molecule has 2 rings (SSSR count). The zero-order valence-corrected chi connectivity index (χ0v) is 12.8. The van der Waals surface area contributed by atoms with Crippen molar-refractivity contribution in [1.82, 2.24) is 4.90 Å². The van der Waals surface area contributed by atoms with Crippen LogP contribution in [-0.2, 0) is 11.3 Å². The van der Waals surface area contributed by atoms with Gasteiger partial charge in [0.25, 0.3) is 0 Å². The van der Waals surface area contributed by atoms with Crippen LogP contribution in [0.3, 0.4) is 0 Å². The molecule has 0 bridgehead atoms. The van der Waals surface area contributed by atoms with Crippen molar-refractivity contribution in [3.05, 3.63) is 59.5 Å². The predicted molar refractivity (Wildman–Crippen MR) is 84.2 cm³/mol. The minimum Gasteiger partial charge on any atom is -0.494 e. The largest absolute Gasteiger partial charge is 0.494 e. The van der Waals surface area contributed by atoms with Crippen LogP contribution in [0.1, 0.15) is 31.4 Å². The lowest BCUT2D eigenvalue weighted by Crippen LogP contribution is -2.20. The van der Waals surface area contributed by atoms with Crippen molar-refractivity contribution in [3.8, 4) is 0 Å². The minimum absolute atomic E-state index is 0.695. The molecular formula is C18H25NO. The Morgan fingerprint density at radius 3 is 2.70 bits per heavy atom. The molecule has 0 atom stereocenters. The van der Waals surface area contributed by atoms with Gasteiger partial charge in [-0.1, -0.05) is 38.1 Å². The standard InChI is InChI=1S/C18H25NO/c1-15(2)10-13-20-18-8-11-19(12-9-18)14-17-7-5-4-6-16(17)3/h4-9,11,15H,10,12-14H2,1-3H3. The van der Waals surface area contributed by atoms with Gasteiger partial charge in [-0.25, -0.2) is 0 Å². The summed E-state index contributed by atoms with van der Waals surface area (Å²) in [6, 6.07) is 8.55. The lowest BCUT2D eigenvalue weighted by molar-refractivity contribution is 0.201. The van der Waals surface area contributed by atoms with Crippen molar-refractivity contribution < 1.29 is 4.74 Å². The number of hydrogen-bond acceptors (Lipinski definition) is 2. The topological polar surface area (TPSA) is 12.5 Å². The van der Waals surface area contributed by atoms with Gasteiger partial charge in [0.1, 0.15) is 5.76 Å². The first-order chi connectivity index (χ1) is 9.65. The molecule has 0 radical (unpaired) electrons. The van der Waals surface area contributed by atoms with Crippen molar-refractivity contribution >= 4 is 0 Å². The molecule has 20 heavy (non-hydrogen) atoms. The van der Waals surface area contributed by atoms with Crippen LogP contribution in [0.2, 0.25) is 0 Å². The summed E-state index contributed by atoms with van der Waals surface area (Å²) in [4.78, 5) is 2.30. The van der Waals surface area contributed by atoms with Gasteiger partial charge in [-0.05, 0) is 42.5 Å². The van der Waals surface area contributed by atoms with Crippen LogP contribution in [0, 0.1) is 12.8 Å². The van der Waals surface area contributed by atoms with Crippen LogP contribution in [0.4, 0.5) is 0 Å². The Kier molecular flexibility index (Phi) is 5.28. The third kappa shape index (κ3) is 4.44. The fourth-order valence-electron chi connectivity index (χ4n) is 2.16. The number of ether oxygens (including phenoxy) is 1. The number of allylic oxidation sites excluding steroid dienone is 1. The van der Waals surface area contributed by atoms with Crippen molar-refractivity contribution in [2.45, 2.75) is 33.7 Å². The van der Waals surface area contributed by atoms with E-state index in [1.165, 1.54) is 11.1 Å². The molecule has 0 fully saturated rings. The molecule has 2 heteroatoms. The van der Waals surface area contributed by atoms with Gasteiger partial charge in [0.15, 0.2) is 0 Å². The Labute approximate surface area is 122 Å². The van der Waals surface area contributed by atoms with E-state index in [1.807, 2.05) is 0 Å². The first-order valence-corrected chi connectivity index (χ1v) is 7.45. The maximum atomic E-state index is 5.76. The van der Waals surface area contributed by atoms with Crippen LogP contribution in [-0.4, -0.2) is 18.1 Å². The second-order valence-corrected chi connectivity index (χ2v) is 5.81. The Hall–Kier alpha value is -1.70. The lowest BCUT2D eigenvalue weighted by Gasteiger charge is -2.23. The maximum Gasteiger partial charge on any atom is 0.118 e. The molecule has 1 heterocycles. The monoisotopic (exact) mass is 271 g/mol. The van der Waals surface area contributed by atoms with Gasteiger partial charge >= 0.3 is 0 Å². The molecule has 0 saturated heterocycles. The molecule has 0 amide bonds. The summed E-state index contributed by atoms with van der Waals surface area (Å²) in [5.41, 5.74) is 2.73. The van der Waals surface area contributed by atoms with Gasteiger partial charge in [-0.2, -0.15) is 0 Å². The number of hydrogen-bond donors (Lipinski definition) is 0. The first-order valence-electron chi connectivity index (χ1n) is 7.45. The smallest absolute Gasteiger partial charge is 0.118 e. The summed E-state index contributed by atoms with van der Waals surface area (Å²) < 4.78 is 5.76. The maximum absolute atomic E-state index is 5.76. The molecule has 0 saturated carbocycles. The molecule has 0 unspecified atom stereocenters. The molecule has 0 spiro atoms. The van der Waals surface area contributed by atoms with Gasteiger partial charge < -0.3 is 9.64 Å². The van der Waals surface area contributed by atoms with Gasteiger partial charge in [0.05, 0.1) is 6.61 Å². The molecule has 1 aliphatic heterocycles. The first kappa shape index (κ1) is 14.7. The van der Waals surface area contributed by atoms with E-state index in [2.05, 4.69) is 68.3 Å². The average molecular weight is 271 g/mol. The van der Waals surface area contributed by atoms with Gasteiger partial charge in [-0.15, -0.1) is 0 Å². The van der Waals surface area contributed by atoms with Gasteiger partial charge in [-0.3, -0.25) is 0 Å². The van der Waals surface area contributed by atoms with E-state index in [4.69, 9.17) is 4.74 Å². The van der Waals surface area contributed by atoms with E-state index in [0.717, 1.165) is 31.9 Å². The van der Waals surface area contributed by atoms with Gasteiger partial charge in [0, 0.05) is 19.3 Å². The molecule has 0 N–H and O–H groups in total. The summed E-state index contributed by atoms with van der Waals surface area (Å²) in [7, 11) is 0. The number of nitrogens with zero attached hydrogens (tertiary/aromatic N) is 1. The highest BCUT2D eigenvalue weighted by Gasteiger charge is 2.07. The molecule has 1 aliphatic rings. The summed E-state index contributed by atoms with van der Waals surface area (Å²) in [5.74, 6) is 1.70. The SMILES string of the molecule is Cc1ccccc1CN1C=CC(OCCC(C)C)=CC1. The Morgan fingerprint density at radius 2 is 2.05 bits per heavy atom. The van der Waals surface area contributed by atoms with Crippen LogP contribution in [0.5, 0.6) is 0 Å². The molecule has 1 aromatic rings. The summed E-state index contributed by atoms with van der Waals surface area (Å²) >= 11 is 0. The van der Waals surface area contributed by atoms with Crippen molar-refractivity contribution in [2.24, 2.45) is 5.92 Å². The summed E-state index contributed by atoms with van der Waals surface area (Å²) in [5, 5.41) is 0. The number of benzene rings is 1. The van der Waals surface area contributed by atoms with Crippen LogP contribution in [0.15, 0.2) is 48.4 Å². The fourth-order valence-corrected chi connectivity index (χ4v) is 2.16. The quantitative estimate of drug-likeness (QED) is 0.766. The molecule has 0 aromatic heterocycles. The number of aryl methyl sites for hydroxylation is 1. The summed E-state index contributed by atoms with van der Waals surface area (Å²) in [6.07, 6.45) is 7.48. The van der Waals surface area contributed by atoms with E-state index in [-0.39, 0.29) is 0 Å². The highest BCUT2D eigenvalue weighted by molar-refractivity contribution is 5.26. The van der Waals surface area contributed by atoms with Crippen LogP contribution >= 0.6 is 0 Å². The predicted octanol–water partition coefficient (Wildman–Crippen LogP) is 4.27. The van der Waals surface area contributed by atoms with Crippen molar-refractivity contribution in [1.29, 1.82) is 0 Å². The Bertz CT molecular complexity index is 488. The average Bonchev–Trinajstić information content (AvgIpc) is 2.43. The second kappa shape index (κ2) is 7.18. The lowest BCUT2D eigenvalue weighted by atomic mass is 10.1. The molecule has 108 valence electrons. The van der Waals surface area contributed by atoms with Crippen LogP contribution in [0.25, 0.3) is 0 Å².